The predicted molar refractivity (Wildman–Crippen MR) is 75.7 cm³/mol. The summed E-state index contributed by atoms with van der Waals surface area (Å²) in [7, 11) is 1.83. The molecule has 0 radical (unpaired) electrons. The summed E-state index contributed by atoms with van der Waals surface area (Å²) in [5.74, 6) is 0.0639. The summed E-state index contributed by atoms with van der Waals surface area (Å²) in [5, 5.41) is 0. The maximum atomic E-state index is 12.4. The van der Waals surface area contributed by atoms with Gasteiger partial charge in [0.25, 0.3) is 5.91 Å². The Hall–Kier alpha value is -1.35. The van der Waals surface area contributed by atoms with Crippen LogP contribution >= 0.6 is 0 Å². The van der Waals surface area contributed by atoms with Crippen molar-refractivity contribution in [1.82, 2.24) is 4.90 Å². The highest BCUT2D eigenvalue weighted by molar-refractivity contribution is 5.95. The minimum atomic E-state index is -0.0526. The summed E-state index contributed by atoms with van der Waals surface area (Å²) < 4.78 is 0. The Kier molecular flexibility index (Phi) is 4.52. The standard InChI is InChI=1S/C15H24N2O/c1-11-6-7-13(12(2)8-11)14(18)17(5)10-15(3,4)9-16/h6-8H,9-10,16H2,1-5H3. The summed E-state index contributed by atoms with van der Waals surface area (Å²) in [5.41, 5.74) is 8.63. The maximum absolute atomic E-state index is 12.4. The molecule has 3 nitrogen and oxygen atoms in total. The van der Waals surface area contributed by atoms with Crippen molar-refractivity contribution in [2.45, 2.75) is 27.7 Å². The molecule has 100 valence electrons. The number of hydrogen-bond acceptors (Lipinski definition) is 2. The van der Waals surface area contributed by atoms with E-state index in [1.165, 1.54) is 5.56 Å². The molecule has 0 spiro atoms. The van der Waals surface area contributed by atoms with E-state index in [1.54, 1.807) is 4.90 Å². The first-order valence-corrected chi connectivity index (χ1v) is 6.29. The van der Waals surface area contributed by atoms with Gasteiger partial charge < -0.3 is 10.6 Å². The van der Waals surface area contributed by atoms with Crippen LogP contribution in [0.5, 0.6) is 0 Å². The van der Waals surface area contributed by atoms with Crippen molar-refractivity contribution in [1.29, 1.82) is 0 Å². The number of carbonyl (C=O) groups is 1. The maximum Gasteiger partial charge on any atom is 0.253 e. The summed E-state index contributed by atoms with van der Waals surface area (Å²) in [6.45, 7) is 9.37. The quantitative estimate of drug-likeness (QED) is 0.889. The van der Waals surface area contributed by atoms with Crippen LogP contribution in [0.1, 0.15) is 35.3 Å². The number of nitrogens with zero attached hydrogens (tertiary/aromatic N) is 1. The molecule has 18 heavy (non-hydrogen) atoms. The molecule has 0 aliphatic carbocycles. The molecular formula is C15H24N2O. The molecule has 3 heteroatoms. The summed E-state index contributed by atoms with van der Waals surface area (Å²) >= 11 is 0. The molecule has 0 saturated heterocycles. The SMILES string of the molecule is Cc1ccc(C(=O)N(C)CC(C)(C)CN)c(C)c1. The van der Waals surface area contributed by atoms with Crippen LogP contribution in [0.2, 0.25) is 0 Å². The zero-order valence-electron chi connectivity index (χ0n) is 12.1. The fourth-order valence-corrected chi connectivity index (χ4v) is 2.04. The molecule has 0 bridgehead atoms. The molecule has 0 unspecified atom stereocenters. The van der Waals surface area contributed by atoms with Gasteiger partial charge >= 0.3 is 0 Å². The summed E-state index contributed by atoms with van der Waals surface area (Å²) in [6, 6.07) is 5.91. The van der Waals surface area contributed by atoms with E-state index in [1.807, 2.05) is 39.1 Å². The zero-order chi connectivity index (χ0) is 13.9. The number of aryl methyl sites for hydroxylation is 2. The summed E-state index contributed by atoms with van der Waals surface area (Å²) in [6.07, 6.45) is 0. The second-order valence-corrected chi connectivity index (χ2v) is 5.85. The Morgan fingerprint density at radius 2 is 1.94 bits per heavy atom. The van der Waals surface area contributed by atoms with Gasteiger partial charge in [0, 0.05) is 19.2 Å². The minimum Gasteiger partial charge on any atom is -0.341 e. The summed E-state index contributed by atoms with van der Waals surface area (Å²) in [4.78, 5) is 14.1. The molecule has 0 aromatic heterocycles. The molecular weight excluding hydrogens is 224 g/mol. The molecule has 1 aromatic carbocycles. The molecule has 0 aliphatic rings. The van der Waals surface area contributed by atoms with Crippen molar-refractivity contribution in [2.75, 3.05) is 20.1 Å². The lowest BCUT2D eigenvalue weighted by atomic mass is 9.93. The molecule has 0 heterocycles. The largest absolute Gasteiger partial charge is 0.341 e. The molecule has 0 fully saturated rings. The van der Waals surface area contributed by atoms with Crippen LogP contribution in [-0.4, -0.2) is 30.9 Å². The molecule has 0 aliphatic heterocycles. The van der Waals surface area contributed by atoms with Crippen LogP contribution < -0.4 is 5.73 Å². The molecule has 0 atom stereocenters. The number of rotatable bonds is 4. The van der Waals surface area contributed by atoms with E-state index in [-0.39, 0.29) is 11.3 Å². The number of hydrogen-bond donors (Lipinski definition) is 1. The van der Waals surface area contributed by atoms with Crippen molar-refractivity contribution in [3.05, 3.63) is 34.9 Å². The van der Waals surface area contributed by atoms with Gasteiger partial charge in [0.15, 0.2) is 0 Å². The first-order chi connectivity index (χ1) is 8.26. The van der Waals surface area contributed by atoms with E-state index >= 15 is 0 Å². The van der Waals surface area contributed by atoms with Gasteiger partial charge in [-0.15, -0.1) is 0 Å². The van der Waals surface area contributed by atoms with E-state index in [0.717, 1.165) is 11.1 Å². The lowest BCUT2D eigenvalue weighted by Gasteiger charge is -2.29. The van der Waals surface area contributed by atoms with Crippen LogP contribution in [0.3, 0.4) is 0 Å². The fourth-order valence-electron chi connectivity index (χ4n) is 2.04. The van der Waals surface area contributed by atoms with Crippen LogP contribution in [0.15, 0.2) is 18.2 Å². The number of carbonyl (C=O) groups excluding carboxylic acids is 1. The second-order valence-electron chi connectivity index (χ2n) is 5.85. The Balaban J connectivity index is 2.87. The monoisotopic (exact) mass is 248 g/mol. The van der Waals surface area contributed by atoms with Crippen molar-refractivity contribution >= 4 is 5.91 Å². The highest BCUT2D eigenvalue weighted by atomic mass is 16.2. The van der Waals surface area contributed by atoms with Gasteiger partial charge in [0.05, 0.1) is 0 Å². The van der Waals surface area contributed by atoms with Gasteiger partial charge in [0.2, 0.25) is 0 Å². The first kappa shape index (κ1) is 14.7. The number of amides is 1. The highest BCUT2D eigenvalue weighted by Crippen LogP contribution is 2.17. The van der Waals surface area contributed by atoms with E-state index in [0.29, 0.717) is 13.1 Å². The zero-order valence-corrected chi connectivity index (χ0v) is 12.1. The van der Waals surface area contributed by atoms with E-state index in [2.05, 4.69) is 13.8 Å². The Morgan fingerprint density at radius 1 is 1.33 bits per heavy atom. The third kappa shape index (κ3) is 3.57. The van der Waals surface area contributed by atoms with Gasteiger partial charge in [-0.25, -0.2) is 0 Å². The average molecular weight is 248 g/mol. The molecule has 1 amide bonds. The lowest BCUT2D eigenvalue weighted by molar-refractivity contribution is 0.0740. The van der Waals surface area contributed by atoms with Crippen molar-refractivity contribution in [3.8, 4) is 0 Å². The van der Waals surface area contributed by atoms with Gasteiger partial charge in [0.1, 0.15) is 0 Å². The highest BCUT2D eigenvalue weighted by Gasteiger charge is 2.22. The van der Waals surface area contributed by atoms with Crippen molar-refractivity contribution < 1.29 is 4.79 Å². The molecule has 1 rings (SSSR count). The number of benzene rings is 1. The van der Waals surface area contributed by atoms with Crippen molar-refractivity contribution in [2.24, 2.45) is 11.1 Å². The Bertz CT molecular complexity index is 438. The van der Waals surface area contributed by atoms with E-state index in [9.17, 15) is 4.79 Å². The third-order valence-electron chi connectivity index (χ3n) is 3.18. The van der Waals surface area contributed by atoms with Gasteiger partial charge in [-0.05, 0) is 37.4 Å². The van der Waals surface area contributed by atoms with E-state index < -0.39 is 0 Å². The van der Waals surface area contributed by atoms with Gasteiger partial charge in [-0.1, -0.05) is 31.5 Å². The van der Waals surface area contributed by atoms with Gasteiger partial charge in [-0.3, -0.25) is 4.79 Å². The molecule has 0 saturated carbocycles. The van der Waals surface area contributed by atoms with Crippen LogP contribution in [-0.2, 0) is 0 Å². The fraction of sp³-hybridized carbons (Fsp3) is 0.533. The number of nitrogens with two attached hydrogens (primary N) is 1. The third-order valence-corrected chi connectivity index (χ3v) is 3.18. The average Bonchev–Trinajstić information content (AvgIpc) is 2.27. The second kappa shape index (κ2) is 5.53. The molecule has 2 N–H and O–H groups in total. The normalized spacial score (nSPS) is 11.4. The van der Waals surface area contributed by atoms with Crippen molar-refractivity contribution in [3.63, 3.8) is 0 Å². The van der Waals surface area contributed by atoms with Crippen LogP contribution in [0.4, 0.5) is 0 Å². The van der Waals surface area contributed by atoms with Crippen LogP contribution in [0, 0.1) is 19.3 Å². The van der Waals surface area contributed by atoms with Crippen LogP contribution in [0.25, 0.3) is 0 Å². The first-order valence-electron chi connectivity index (χ1n) is 6.29. The topological polar surface area (TPSA) is 46.3 Å². The van der Waals surface area contributed by atoms with Gasteiger partial charge in [-0.2, -0.15) is 0 Å². The predicted octanol–water partition coefficient (Wildman–Crippen LogP) is 2.36. The van der Waals surface area contributed by atoms with E-state index in [4.69, 9.17) is 5.73 Å². The lowest BCUT2D eigenvalue weighted by Crippen LogP contribution is -2.40. The minimum absolute atomic E-state index is 0.0526. The Morgan fingerprint density at radius 3 is 2.44 bits per heavy atom. The smallest absolute Gasteiger partial charge is 0.253 e. The Labute approximate surface area is 110 Å². The molecule has 1 aromatic rings.